The van der Waals surface area contributed by atoms with Crippen molar-refractivity contribution in [2.24, 2.45) is 0 Å². The number of nitrogens with zero attached hydrogens (tertiary/aromatic N) is 1. The lowest BCUT2D eigenvalue weighted by molar-refractivity contribution is -0.134. The van der Waals surface area contributed by atoms with Crippen LogP contribution in [0.5, 0.6) is 5.75 Å². The van der Waals surface area contributed by atoms with Crippen molar-refractivity contribution in [1.82, 2.24) is 4.90 Å². The van der Waals surface area contributed by atoms with Crippen LogP contribution in [0.2, 0.25) is 0 Å². The minimum atomic E-state index is -3.76. The van der Waals surface area contributed by atoms with Crippen molar-refractivity contribution in [2.75, 3.05) is 11.3 Å². The van der Waals surface area contributed by atoms with Gasteiger partial charge in [0.05, 0.1) is 4.90 Å². The van der Waals surface area contributed by atoms with Crippen molar-refractivity contribution in [3.05, 3.63) is 125 Å². The molecule has 6 nitrogen and oxygen atoms in total. The summed E-state index contributed by atoms with van der Waals surface area (Å²) in [7, 11) is -3.76. The van der Waals surface area contributed by atoms with E-state index >= 15 is 0 Å². The maximum atomic E-state index is 13.2. The fourth-order valence-corrected chi connectivity index (χ4v) is 5.00. The summed E-state index contributed by atoms with van der Waals surface area (Å²) >= 11 is 0. The van der Waals surface area contributed by atoms with Crippen molar-refractivity contribution in [3.8, 4) is 5.75 Å². The first kappa shape index (κ1) is 26.0. The number of ether oxygens (including phenoxy) is 1. The maximum Gasteiger partial charge on any atom is 0.261 e. The summed E-state index contributed by atoms with van der Waals surface area (Å²) in [4.78, 5) is 15.1. The molecule has 0 bridgehead atoms. The maximum absolute atomic E-state index is 13.2. The van der Waals surface area contributed by atoms with Gasteiger partial charge in [0.1, 0.15) is 5.75 Å². The number of carbonyl (C=O) groups excluding carboxylic acids is 1. The molecular weight excluding hydrogens is 484 g/mol. The van der Waals surface area contributed by atoms with E-state index in [9.17, 15) is 13.2 Å². The zero-order valence-electron chi connectivity index (χ0n) is 20.9. The third-order valence-corrected chi connectivity index (χ3v) is 7.28. The Morgan fingerprint density at radius 2 is 1.35 bits per heavy atom. The lowest BCUT2D eigenvalue weighted by atomic mass is 10.1. The Kier molecular flexibility index (Phi) is 8.25. The van der Waals surface area contributed by atoms with Gasteiger partial charge in [-0.25, -0.2) is 8.42 Å². The SMILES string of the molecule is Cc1ccc(NS(=O)(=O)c2ccc(OCC(=O)N(Cc3ccccc3)Cc3ccccc3)c(C)c2)cc1. The van der Waals surface area contributed by atoms with Crippen molar-refractivity contribution < 1.29 is 17.9 Å². The van der Waals surface area contributed by atoms with Crippen molar-refractivity contribution in [3.63, 3.8) is 0 Å². The Morgan fingerprint density at radius 3 is 1.89 bits per heavy atom. The molecule has 0 unspecified atom stereocenters. The van der Waals surface area contributed by atoms with E-state index in [1.54, 1.807) is 36.1 Å². The third kappa shape index (κ3) is 7.21. The van der Waals surface area contributed by atoms with Crippen LogP contribution in [0.4, 0.5) is 5.69 Å². The largest absolute Gasteiger partial charge is 0.483 e. The zero-order valence-corrected chi connectivity index (χ0v) is 21.7. The normalized spacial score (nSPS) is 11.1. The highest BCUT2D eigenvalue weighted by atomic mass is 32.2. The smallest absolute Gasteiger partial charge is 0.261 e. The molecule has 1 N–H and O–H groups in total. The first-order valence-electron chi connectivity index (χ1n) is 12.0. The molecule has 0 radical (unpaired) electrons. The minimum absolute atomic E-state index is 0.124. The van der Waals surface area contributed by atoms with Crippen molar-refractivity contribution in [2.45, 2.75) is 31.8 Å². The first-order chi connectivity index (χ1) is 17.8. The first-order valence-corrected chi connectivity index (χ1v) is 13.5. The van der Waals surface area contributed by atoms with Crippen LogP contribution in [-0.2, 0) is 27.9 Å². The van der Waals surface area contributed by atoms with Gasteiger partial charge in [-0.2, -0.15) is 0 Å². The van der Waals surface area contributed by atoms with Crippen LogP contribution in [0.25, 0.3) is 0 Å². The second-order valence-electron chi connectivity index (χ2n) is 8.91. The van der Waals surface area contributed by atoms with Gasteiger partial charge in [-0.15, -0.1) is 0 Å². The number of carbonyl (C=O) groups is 1. The molecule has 0 saturated heterocycles. The zero-order chi connectivity index (χ0) is 26.3. The molecule has 0 heterocycles. The van der Waals surface area contributed by atoms with E-state index in [1.165, 1.54) is 6.07 Å². The lowest BCUT2D eigenvalue weighted by Crippen LogP contribution is -2.34. The number of amides is 1. The van der Waals surface area contributed by atoms with Gasteiger partial charge in [-0.1, -0.05) is 78.4 Å². The molecule has 4 aromatic carbocycles. The number of anilines is 1. The molecule has 0 aliphatic heterocycles. The van der Waals surface area contributed by atoms with E-state index < -0.39 is 10.0 Å². The second-order valence-corrected chi connectivity index (χ2v) is 10.6. The fourth-order valence-electron chi connectivity index (χ4n) is 3.86. The van der Waals surface area contributed by atoms with Crippen LogP contribution in [0.15, 0.2) is 108 Å². The molecule has 190 valence electrons. The molecule has 0 aromatic heterocycles. The second kappa shape index (κ2) is 11.8. The summed E-state index contributed by atoms with van der Waals surface area (Å²) in [5, 5.41) is 0. The molecule has 4 rings (SSSR count). The number of hydrogen-bond donors (Lipinski definition) is 1. The Bertz CT molecular complexity index is 1400. The molecule has 0 fully saturated rings. The Balaban J connectivity index is 1.44. The monoisotopic (exact) mass is 514 g/mol. The van der Waals surface area contributed by atoms with Gasteiger partial charge in [0.25, 0.3) is 15.9 Å². The molecule has 0 aliphatic rings. The van der Waals surface area contributed by atoms with Gasteiger partial charge in [-0.05, 0) is 60.9 Å². The van der Waals surface area contributed by atoms with Gasteiger partial charge in [0.2, 0.25) is 0 Å². The molecule has 7 heteroatoms. The number of aryl methyl sites for hydroxylation is 2. The number of rotatable bonds is 10. The molecule has 0 spiro atoms. The Labute approximate surface area is 218 Å². The summed E-state index contributed by atoms with van der Waals surface area (Å²) in [6, 6.07) is 31.4. The van der Waals surface area contributed by atoms with E-state index in [-0.39, 0.29) is 17.4 Å². The van der Waals surface area contributed by atoms with Crippen LogP contribution in [0.1, 0.15) is 22.3 Å². The van der Waals surface area contributed by atoms with Gasteiger partial charge < -0.3 is 9.64 Å². The summed E-state index contributed by atoms with van der Waals surface area (Å²) in [5.41, 5.74) is 4.21. The highest BCUT2D eigenvalue weighted by molar-refractivity contribution is 7.92. The molecule has 0 atom stereocenters. The van der Waals surface area contributed by atoms with E-state index in [0.717, 1.165) is 16.7 Å². The Morgan fingerprint density at radius 1 is 0.784 bits per heavy atom. The van der Waals surface area contributed by atoms with E-state index in [1.807, 2.05) is 79.7 Å². The average molecular weight is 515 g/mol. The van der Waals surface area contributed by atoms with Gasteiger partial charge >= 0.3 is 0 Å². The minimum Gasteiger partial charge on any atom is -0.483 e. The van der Waals surface area contributed by atoms with E-state index in [4.69, 9.17) is 4.74 Å². The van der Waals surface area contributed by atoms with E-state index in [0.29, 0.717) is 30.1 Å². The topological polar surface area (TPSA) is 75.7 Å². The number of sulfonamides is 1. The standard InChI is InChI=1S/C30H30N2O4S/c1-23-13-15-27(16-14-23)31-37(34,35)28-17-18-29(24(2)19-28)36-22-30(33)32(20-25-9-5-3-6-10-25)21-26-11-7-4-8-12-26/h3-19,31H,20-22H2,1-2H3. The van der Waals surface area contributed by atoms with Crippen molar-refractivity contribution >= 4 is 21.6 Å². The van der Waals surface area contributed by atoms with Crippen molar-refractivity contribution in [1.29, 1.82) is 0 Å². The third-order valence-electron chi connectivity index (χ3n) is 5.90. The highest BCUT2D eigenvalue weighted by Gasteiger charge is 2.18. The number of hydrogen-bond acceptors (Lipinski definition) is 4. The predicted molar refractivity (Wildman–Crippen MR) is 146 cm³/mol. The van der Waals surface area contributed by atoms with Crippen LogP contribution in [0.3, 0.4) is 0 Å². The quantitative estimate of drug-likeness (QED) is 0.294. The molecule has 0 aliphatic carbocycles. The average Bonchev–Trinajstić information content (AvgIpc) is 2.90. The van der Waals surface area contributed by atoms with Gasteiger partial charge in [0, 0.05) is 18.8 Å². The Hall–Kier alpha value is -4.10. The van der Waals surface area contributed by atoms with E-state index in [2.05, 4.69) is 4.72 Å². The molecule has 1 amide bonds. The van der Waals surface area contributed by atoms with Gasteiger partial charge in [0.15, 0.2) is 6.61 Å². The molecule has 37 heavy (non-hydrogen) atoms. The number of nitrogens with one attached hydrogen (secondary N) is 1. The molecule has 4 aromatic rings. The summed E-state index contributed by atoms with van der Waals surface area (Å²) < 4.78 is 34.1. The van der Waals surface area contributed by atoms with Crippen LogP contribution in [-0.4, -0.2) is 25.8 Å². The molecular formula is C30H30N2O4S. The van der Waals surface area contributed by atoms with Gasteiger partial charge in [-0.3, -0.25) is 9.52 Å². The van der Waals surface area contributed by atoms with Crippen LogP contribution in [0, 0.1) is 13.8 Å². The van der Waals surface area contributed by atoms with Crippen LogP contribution >= 0.6 is 0 Å². The number of benzene rings is 4. The summed E-state index contributed by atoms with van der Waals surface area (Å²) in [6.45, 7) is 4.45. The predicted octanol–water partition coefficient (Wildman–Crippen LogP) is 5.71. The van der Waals surface area contributed by atoms with Crippen LogP contribution < -0.4 is 9.46 Å². The lowest BCUT2D eigenvalue weighted by Gasteiger charge is -2.23. The summed E-state index contributed by atoms with van der Waals surface area (Å²) in [5.74, 6) is 0.298. The fraction of sp³-hybridized carbons (Fsp3) is 0.167. The highest BCUT2D eigenvalue weighted by Crippen LogP contribution is 2.24. The molecule has 0 saturated carbocycles. The summed E-state index contributed by atoms with van der Waals surface area (Å²) in [6.07, 6.45) is 0.